The zero-order valence-corrected chi connectivity index (χ0v) is 17.0. The van der Waals surface area contributed by atoms with Crippen molar-refractivity contribution in [2.75, 3.05) is 20.8 Å². The van der Waals surface area contributed by atoms with E-state index in [4.69, 9.17) is 25.8 Å². The van der Waals surface area contributed by atoms with Gasteiger partial charge in [-0.1, -0.05) is 30.7 Å². The first-order valence-electron chi connectivity index (χ1n) is 9.04. The lowest BCUT2D eigenvalue weighted by Crippen LogP contribution is -2.31. The number of halogens is 1. The lowest BCUT2D eigenvalue weighted by atomic mass is 10.0. The highest BCUT2D eigenvalue weighted by atomic mass is 35.5. The van der Waals surface area contributed by atoms with Crippen LogP contribution in [0.3, 0.4) is 0 Å². The van der Waals surface area contributed by atoms with Crippen molar-refractivity contribution < 1.29 is 19.3 Å². The monoisotopic (exact) mass is 393 g/mol. The van der Waals surface area contributed by atoms with Crippen molar-refractivity contribution in [2.45, 2.75) is 39.0 Å². The van der Waals surface area contributed by atoms with Gasteiger partial charge in [-0.2, -0.15) is 0 Å². The molecule has 0 bridgehead atoms. The van der Waals surface area contributed by atoms with E-state index < -0.39 is 6.10 Å². The molecule has 0 unspecified atom stereocenters. The van der Waals surface area contributed by atoms with Crippen molar-refractivity contribution in [3.05, 3.63) is 52.5 Å². The summed E-state index contributed by atoms with van der Waals surface area (Å²) in [6.45, 7) is 5.10. The molecule has 2 N–H and O–H groups in total. The molecule has 2 rings (SSSR count). The van der Waals surface area contributed by atoms with Crippen molar-refractivity contribution in [3.8, 4) is 17.2 Å². The van der Waals surface area contributed by atoms with Gasteiger partial charge in [0.05, 0.1) is 32.0 Å². The van der Waals surface area contributed by atoms with E-state index >= 15 is 0 Å². The molecule has 148 valence electrons. The van der Waals surface area contributed by atoms with Gasteiger partial charge >= 0.3 is 0 Å². The molecular formula is C21H28ClNO4. The number of methoxy groups -OCH3 is 2. The molecule has 0 spiro atoms. The van der Waals surface area contributed by atoms with Crippen LogP contribution in [0.2, 0.25) is 5.02 Å². The largest absolute Gasteiger partial charge is 0.497 e. The predicted molar refractivity (Wildman–Crippen MR) is 108 cm³/mol. The van der Waals surface area contributed by atoms with E-state index in [-0.39, 0.29) is 6.04 Å². The standard InChI is InChI=1S/C21H28ClNO4/c1-5-10-27-21-18(22)11-15(12-19(21)26-4)13-23-14(2)20(24)16-6-8-17(25-3)9-7-16/h6-9,11-12,14,20,23-24H,5,10,13H2,1-4H3/t14-,20-/m1/s1. The molecule has 0 aliphatic heterocycles. The van der Waals surface area contributed by atoms with Crippen molar-refractivity contribution in [2.24, 2.45) is 0 Å². The Morgan fingerprint density at radius 3 is 2.41 bits per heavy atom. The third-order valence-corrected chi connectivity index (χ3v) is 4.58. The van der Waals surface area contributed by atoms with Gasteiger partial charge in [0, 0.05) is 12.6 Å². The van der Waals surface area contributed by atoms with Crippen LogP contribution in [0.15, 0.2) is 36.4 Å². The van der Waals surface area contributed by atoms with E-state index in [0.717, 1.165) is 23.3 Å². The van der Waals surface area contributed by atoms with Gasteiger partial charge < -0.3 is 24.6 Å². The Bertz CT molecular complexity index is 721. The first-order chi connectivity index (χ1) is 13.0. The van der Waals surface area contributed by atoms with Crippen molar-refractivity contribution in [1.29, 1.82) is 0 Å². The second kappa shape index (κ2) is 10.4. The number of ether oxygens (including phenoxy) is 3. The molecule has 0 saturated heterocycles. The number of aliphatic hydroxyl groups is 1. The molecule has 6 heteroatoms. The number of rotatable bonds is 10. The molecule has 0 heterocycles. The van der Waals surface area contributed by atoms with E-state index in [1.54, 1.807) is 14.2 Å². The van der Waals surface area contributed by atoms with Crippen LogP contribution in [0.1, 0.15) is 37.5 Å². The molecule has 0 aliphatic rings. The minimum Gasteiger partial charge on any atom is -0.497 e. The zero-order valence-electron chi connectivity index (χ0n) is 16.3. The summed E-state index contributed by atoms with van der Waals surface area (Å²) in [7, 11) is 3.21. The third-order valence-electron chi connectivity index (χ3n) is 4.30. The highest BCUT2D eigenvalue weighted by molar-refractivity contribution is 6.32. The topological polar surface area (TPSA) is 60.0 Å². The predicted octanol–water partition coefficient (Wildman–Crippen LogP) is 4.36. The van der Waals surface area contributed by atoms with E-state index in [0.29, 0.717) is 29.7 Å². The summed E-state index contributed by atoms with van der Waals surface area (Å²) in [5.74, 6) is 1.94. The average molecular weight is 394 g/mol. The fraction of sp³-hybridized carbons (Fsp3) is 0.429. The Morgan fingerprint density at radius 2 is 1.81 bits per heavy atom. The summed E-state index contributed by atoms with van der Waals surface area (Å²) in [5.41, 5.74) is 1.78. The van der Waals surface area contributed by atoms with Gasteiger partial charge in [-0.15, -0.1) is 0 Å². The number of nitrogens with one attached hydrogen (secondary N) is 1. The number of hydrogen-bond acceptors (Lipinski definition) is 5. The second-order valence-electron chi connectivity index (χ2n) is 6.35. The summed E-state index contributed by atoms with van der Waals surface area (Å²) in [5, 5.41) is 14.4. The summed E-state index contributed by atoms with van der Waals surface area (Å²) >= 11 is 6.36. The minimum absolute atomic E-state index is 0.154. The van der Waals surface area contributed by atoms with Crippen LogP contribution in [0.5, 0.6) is 17.2 Å². The molecule has 0 aliphatic carbocycles. The average Bonchev–Trinajstić information content (AvgIpc) is 2.70. The summed E-state index contributed by atoms with van der Waals surface area (Å²) in [6.07, 6.45) is 0.254. The maximum Gasteiger partial charge on any atom is 0.179 e. The van der Waals surface area contributed by atoms with Crippen LogP contribution < -0.4 is 19.5 Å². The van der Waals surface area contributed by atoms with Crippen molar-refractivity contribution >= 4 is 11.6 Å². The number of aliphatic hydroxyl groups excluding tert-OH is 1. The Kier molecular flexibility index (Phi) is 8.23. The lowest BCUT2D eigenvalue weighted by Gasteiger charge is -2.21. The van der Waals surface area contributed by atoms with E-state index in [1.807, 2.05) is 50.2 Å². The van der Waals surface area contributed by atoms with Crippen LogP contribution in [-0.2, 0) is 6.54 Å². The fourth-order valence-corrected chi connectivity index (χ4v) is 2.99. The summed E-state index contributed by atoms with van der Waals surface area (Å²) in [4.78, 5) is 0. The van der Waals surface area contributed by atoms with Gasteiger partial charge in [0.15, 0.2) is 11.5 Å². The number of hydrogen-bond donors (Lipinski definition) is 2. The molecular weight excluding hydrogens is 366 g/mol. The van der Waals surface area contributed by atoms with E-state index in [2.05, 4.69) is 5.32 Å². The van der Waals surface area contributed by atoms with Gasteiger partial charge in [0.1, 0.15) is 5.75 Å². The highest BCUT2D eigenvalue weighted by Crippen LogP contribution is 2.36. The molecule has 5 nitrogen and oxygen atoms in total. The van der Waals surface area contributed by atoms with Crippen molar-refractivity contribution in [1.82, 2.24) is 5.32 Å². The molecule has 27 heavy (non-hydrogen) atoms. The smallest absolute Gasteiger partial charge is 0.179 e. The van der Waals surface area contributed by atoms with Gasteiger partial charge in [0.2, 0.25) is 0 Å². The molecule has 2 atom stereocenters. The zero-order chi connectivity index (χ0) is 19.8. The molecule has 0 saturated carbocycles. The molecule has 0 amide bonds. The maximum atomic E-state index is 10.6. The first-order valence-corrected chi connectivity index (χ1v) is 9.42. The van der Waals surface area contributed by atoms with Gasteiger partial charge in [-0.3, -0.25) is 0 Å². The normalized spacial score (nSPS) is 13.1. The van der Waals surface area contributed by atoms with Crippen LogP contribution in [0, 0.1) is 0 Å². The quantitative estimate of drug-likeness (QED) is 0.628. The summed E-state index contributed by atoms with van der Waals surface area (Å²) in [6, 6.07) is 11.0. The van der Waals surface area contributed by atoms with Gasteiger partial charge in [-0.25, -0.2) is 0 Å². The third kappa shape index (κ3) is 5.76. The SMILES string of the molecule is CCCOc1c(Cl)cc(CN[C@H](C)[C@@H](O)c2ccc(OC)cc2)cc1OC. The lowest BCUT2D eigenvalue weighted by molar-refractivity contribution is 0.135. The van der Waals surface area contributed by atoms with Gasteiger partial charge in [0.25, 0.3) is 0 Å². The van der Waals surface area contributed by atoms with E-state index in [9.17, 15) is 5.11 Å². The van der Waals surface area contributed by atoms with Crippen molar-refractivity contribution in [3.63, 3.8) is 0 Å². The van der Waals surface area contributed by atoms with Crippen LogP contribution in [0.25, 0.3) is 0 Å². The minimum atomic E-state index is -0.638. The molecule has 0 fully saturated rings. The Hall–Kier alpha value is -1.95. The Labute approximate surface area is 166 Å². The Balaban J connectivity index is 2.02. The van der Waals surface area contributed by atoms with E-state index in [1.165, 1.54) is 0 Å². The molecule has 2 aromatic rings. The van der Waals surface area contributed by atoms with Crippen LogP contribution in [-0.4, -0.2) is 32.0 Å². The maximum absolute atomic E-state index is 10.6. The molecule has 2 aromatic carbocycles. The number of benzene rings is 2. The van der Waals surface area contributed by atoms with Crippen LogP contribution >= 0.6 is 11.6 Å². The second-order valence-corrected chi connectivity index (χ2v) is 6.75. The first kappa shape index (κ1) is 21.4. The van der Waals surface area contributed by atoms with Crippen LogP contribution in [0.4, 0.5) is 0 Å². The summed E-state index contributed by atoms with van der Waals surface area (Å²) < 4.78 is 16.2. The Morgan fingerprint density at radius 1 is 1.11 bits per heavy atom. The van der Waals surface area contributed by atoms with Gasteiger partial charge in [-0.05, 0) is 48.7 Å². The highest BCUT2D eigenvalue weighted by Gasteiger charge is 2.17. The molecule has 0 aromatic heterocycles. The molecule has 0 radical (unpaired) electrons. The fourth-order valence-electron chi connectivity index (χ4n) is 2.70.